The summed E-state index contributed by atoms with van der Waals surface area (Å²) >= 11 is 1.38. The van der Waals surface area contributed by atoms with Gasteiger partial charge < -0.3 is 16.0 Å². The van der Waals surface area contributed by atoms with Gasteiger partial charge in [-0.1, -0.05) is 18.2 Å². The average Bonchev–Trinajstić information content (AvgIpc) is 2.64. The Kier molecular flexibility index (Phi) is 7.63. The zero-order valence-electron chi connectivity index (χ0n) is 16.5. The molecule has 0 aliphatic carbocycles. The fourth-order valence-corrected chi connectivity index (χ4v) is 3.48. The minimum Gasteiger partial charge on any atom is -0.346 e. The third-order valence-electron chi connectivity index (χ3n) is 4.03. The van der Waals surface area contributed by atoms with Gasteiger partial charge in [0, 0.05) is 23.2 Å². The van der Waals surface area contributed by atoms with Crippen LogP contribution in [0, 0.1) is 13.8 Å². The number of rotatable bonds is 7. The number of para-hydroxylation sites is 1. The van der Waals surface area contributed by atoms with Gasteiger partial charge in [-0.25, -0.2) is 0 Å². The summed E-state index contributed by atoms with van der Waals surface area (Å²) in [5, 5.41) is 7.85. The number of amides is 3. The summed E-state index contributed by atoms with van der Waals surface area (Å²) in [4.78, 5) is 36.4. The average molecular weight is 400 g/mol. The predicted molar refractivity (Wildman–Crippen MR) is 114 cm³/mol. The Bertz CT molecular complexity index is 845. The molecule has 2 aromatic rings. The lowest BCUT2D eigenvalue weighted by atomic mass is 10.1. The zero-order valence-corrected chi connectivity index (χ0v) is 17.3. The van der Waals surface area contributed by atoms with Crippen LogP contribution < -0.4 is 16.0 Å². The third kappa shape index (κ3) is 6.42. The normalized spacial score (nSPS) is 11.4. The van der Waals surface area contributed by atoms with Gasteiger partial charge in [0.05, 0.1) is 11.8 Å². The molecule has 0 spiro atoms. The maximum Gasteiger partial charge on any atom is 0.243 e. The maximum atomic E-state index is 12.3. The van der Waals surface area contributed by atoms with Crippen molar-refractivity contribution in [3.05, 3.63) is 53.6 Å². The Morgan fingerprint density at radius 3 is 2.14 bits per heavy atom. The second kappa shape index (κ2) is 9.94. The Hall–Kier alpha value is -2.80. The van der Waals surface area contributed by atoms with Crippen LogP contribution >= 0.6 is 11.8 Å². The highest BCUT2D eigenvalue weighted by Gasteiger charge is 2.16. The molecular formula is C21H25N3O3S. The monoisotopic (exact) mass is 399 g/mol. The molecular weight excluding hydrogens is 374 g/mol. The third-order valence-corrected chi connectivity index (χ3v) is 5.14. The van der Waals surface area contributed by atoms with Crippen LogP contribution in [-0.4, -0.2) is 29.5 Å². The van der Waals surface area contributed by atoms with Crippen LogP contribution in [0.3, 0.4) is 0 Å². The number of anilines is 2. The van der Waals surface area contributed by atoms with Gasteiger partial charge >= 0.3 is 0 Å². The van der Waals surface area contributed by atoms with E-state index in [-0.39, 0.29) is 29.5 Å². The van der Waals surface area contributed by atoms with Crippen LogP contribution in [0.15, 0.2) is 47.4 Å². The molecule has 3 N–H and O–H groups in total. The Morgan fingerprint density at radius 2 is 1.57 bits per heavy atom. The van der Waals surface area contributed by atoms with Crippen molar-refractivity contribution in [1.82, 2.24) is 5.32 Å². The van der Waals surface area contributed by atoms with E-state index < -0.39 is 0 Å². The number of benzene rings is 2. The molecule has 0 fully saturated rings. The van der Waals surface area contributed by atoms with Gasteiger partial charge in [0.1, 0.15) is 0 Å². The lowest BCUT2D eigenvalue weighted by molar-refractivity contribution is -0.123. The number of carbonyl (C=O) groups excluding carboxylic acids is 3. The predicted octanol–water partition coefficient (Wildman–Crippen LogP) is 3.50. The molecule has 0 aliphatic heterocycles. The van der Waals surface area contributed by atoms with Crippen LogP contribution in [0.25, 0.3) is 0 Å². The van der Waals surface area contributed by atoms with E-state index in [1.165, 1.54) is 18.7 Å². The molecule has 0 bridgehead atoms. The standard InChI is InChI=1S/C21H25N3O3S/c1-13-6-5-7-14(2)20(13)24-19(26)12-22-21(27)15(3)28-18-10-8-17(9-11-18)23-16(4)25/h5-11,15H,12H2,1-4H3,(H,22,27)(H,23,25)(H,24,26)/t15-/m0/s1. The van der Waals surface area contributed by atoms with Crippen LogP contribution in [0.1, 0.15) is 25.0 Å². The molecule has 0 radical (unpaired) electrons. The molecule has 0 aliphatic rings. The second-order valence-corrected chi connectivity index (χ2v) is 7.91. The van der Waals surface area contributed by atoms with Crippen molar-refractivity contribution in [1.29, 1.82) is 0 Å². The highest BCUT2D eigenvalue weighted by molar-refractivity contribution is 8.00. The van der Waals surface area contributed by atoms with Crippen molar-refractivity contribution < 1.29 is 14.4 Å². The van der Waals surface area contributed by atoms with E-state index in [2.05, 4.69) is 16.0 Å². The lowest BCUT2D eigenvalue weighted by Crippen LogP contribution is -2.37. The van der Waals surface area contributed by atoms with Gasteiger partial charge in [0.25, 0.3) is 0 Å². The Morgan fingerprint density at radius 1 is 0.964 bits per heavy atom. The summed E-state index contributed by atoms with van der Waals surface area (Å²) in [5.41, 5.74) is 3.44. The fourth-order valence-electron chi connectivity index (χ4n) is 2.58. The van der Waals surface area contributed by atoms with Crippen molar-refractivity contribution in [3.63, 3.8) is 0 Å². The summed E-state index contributed by atoms with van der Waals surface area (Å²) in [6.07, 6.45) is 0. The molecule has 148 valence electrons. The fraction of sp³-hybridized carbons (Fsp3) is 0.286. The van der Waals surface area contributed by atoms with Crippen LogP contribution in [0.4, 0.5) is 11.4 Å². The molecule has 0 saturated carbocycles. The summed E-state index contributed by atoms with van der Waals surface area (Å²) in [5.74, 6) is -0.609. The quantitative estimate of drug-likeness (QED) is 0.622. The molecule has 2 aromatic carbocycles. The Labute approximate surface area is 169 Å². The van der Waals surface area contributed by atoms with Gasteiger partial charge in [0.2, 0.25) is 17.7 Å². The second-order valence-electron chi connectivity index (χ2n) is 6.50. The minimum atomic E-state index is -0.361. The molecule has 0 unspecified atom stereocenters. The van der Waals surface area contributed by atoms with Gasteiger partial charge in [-0.3, -0.25) is 14.4 Å². The van der Waals surface area contributed by atoms with E-state index in [0.717, 1.165) is 21.7 Å². The van der Waals surface area contributed by atoms with Crippen LogP contribution in [0.5, 0.6) is 0 Å². The lowest BCUT2D eigenvalue weighted by Gasteiger charge is -2.14. The molecule has 2 rings (SSSR count). The van der Waals surface area contributed by atoms with Crippen molar-refractivity contribution >= 4 is 40.9 Å². The zero-order chi connectivity index (χ0) is 20.7. The van der Waals surface area contributed by atoms with E-state index >= 15 is 0 Å². The molecule has 28 heavy (non-hydrogen) atoms. The molecule has 0 heterocycles. The first-order valence-corrected chi connectivity index (χ1v) is 9.82. The van der Waals surface area contributed by atoms with Gasteiger partial charge in [-0.05, 0) is 56.2 Å². The summed E-state index contributed by atoms with van der Waals surface area (Å²) < 4.78 is 0. The van der Waals surface area contributed by atoms with Crippen molar-refractivity contribution in [3.8, 4) is 0 Å². The van der Waals surface area contributed by atoms with Crippen molar-refractivity contribution in [2.24, 2.45) is 0 Å². The van der Waals surface area contributed by atoms with Gasteiger partial charge in [0.15, 0.2) is 0 Å². The SMILES string of the molecule is CC(=O)Nc1ccc(S[C@@H](C)C(=O)NCC(=O)Nc2c(C)cccc2C)cc1. The number of thioether (sulfide) groups is 1. The van der Waals surface area contributed by atoms with E-state index in [1.807, 2.05) is 44.2 Å². The van der Waals surface area contributed by atoms with E-state index in [9.17, 15) is 14.4 Å². The minimum absolute atomic E-state index is 0.0843. The van der Waals surface area contributed by atoms with Gasteiger partial charge in [-0.15, -0.1) is 11.8 Å². The highest BCUT2D eigenvalue weighted by atomic mass is 32.2. The highest BCUT2D eigenvalue weighted by Crippen LogP contribution is 2.25. The Balaban J connectivity index is 1.83. The first-order valence-electron chi connectivity index (χ1n) is 8.94. The number of hydrogen-bond donors (Lipinski definition) is 3. The molecule has 0 aromatic heterocycles. The molecule has 3 amide bonds. The van der Waals surface area contributed by atoms with Crippen molar-refractivity contribution in [2.45, 2.75) is 37.8 Å². The topological polar surface area (TPSA) is 87.3 Å². The number of nitrogens with one attached hydrogen (secondary N) is 3. The number of hydrogen-bond acceptors (Lipinski definition) is 4. The first kappa shape index (κ1) is 21.5. The maximum absolute atomic E-state index is 12.3. The molecule has 6 nitrogen and oxygen atoms in total. The molecule has 7 heteroatoms. The molecule has 1 atom stereocenters. The van der Waals surface area contributed by atoms with Crippen LogP contribution in [0.2, 0.25) is 0 Å². The van der Waals surface area contributed by atoms with Crippen molar-refractivity contribution in [2.75, 3.05) is 17.2 Å². The number of carbonyl (C=O) groups is 3. The number of aryl methyl sites for hydroxylation is 2. The summed E-state index contributed by atoms with van der Waals surface area (Å²) in [7, 11) is 0. The van der Waals surface area contributed by atoms with Gasteiger partial charge in [-0.2, -0.15) is 0 Å². The summed E-state index contributed by atoms with van der Waals surface area (Å²) in [6, 6.07) is 13.0. The van der Waals surface area contributed by atoms with E-state index in [4.69, 9.17) is 0 Å². The first-order chi connectivity index (χ1) is 13.3. The van der Waals surface area contributed by atoms with E-state index in [1.54, 1.807) is 19.1 Å². The van der Waals surface area contributed by atoms with Crippen LogP contribution in [-0.2, 0) is 14.4 Å². The van der Waals surface area contributed by atoms with E-state index in [0.29, 0.717) is 5.69 Å². The smallest absolute Gasteiger partial charge is 0.243 e. The largest absolute Gasteiger partial charge is 0.346 e. The summed E-state index contributed by atoms with van der Waals surface area (Å²) in [6.45, 7) is 7.00. The molecule has 0 saturated heterocycles.